The highest BCUT2D eigenvalue weighted by Gasteiger charge is 1.98. The number of ether oxygens (including phenoxy) is 2. The molecule has 1 rings (SSSR count). The maximum Gasteiger partial charge on any atom is 0.119 e. The second kappa shape index (κ2) is 8.95. The van der Waals surface area contributed by atoms with Crippen molar-refractivity contribution in [2.75, 3.05) is 20.3 Å². The van der Waals surface area contributed by atoms with Gasteiger partial charge in [0.05, 0.1) is 6.10 Å². The molecule has 0 aromatic heterocycles. The monoisotopic (exact) mass is 251 g/mol. The molecule has 0 aliphatic heterocycles. The SMILES string of the molecule is COCCCCNCc1ccc(OC(C)C)cc1. The van der Waals surface area contributed by atoms with Crippen molar-refractivity contribution in [2.24, 2.45) is 0 Å². The van der Waals surface area contributed by atoms with Crippen LogP contribution < -0.4 is 10.1 Å². The van der Waals surface area contributed by atoms with Crippen molar-refractivity contribution in [1.29, 1.82) is 0 Å². The van der Waals surface area contributed by atoms with E-state index in [4.69, 9.17) is 9.47 Å². The van der Waals surface area contributed by atoms with Gasteiger partial charge >= 0.3 is 0 Å². The molecule has 0 unspecified atom stereocenters. The van der Waals surface area contributed by atoms with Gasteiger partial charge in [-0.3, -0.25) is 0 Å². The maximum atomic E-state index is 5.60. The lowest BCUT2D eigenvalue weighted by molar-refractivity contribution is 0.192. The first-order chi connectivity index (χ1) is 8.72. The van der Waals surface area contributed by atoms with Gasteiger partial charge in [-0.15, -0.1) is 0 Å². The van der Waals surface area contributed by atoms with Gasteiger partial charge in [0.15, 0.2) is 0 Å². The van der Waals surface area contributed by atoms with Crippen LogP contribution in [-0.2, 0) is 11.3 Å². The fourth-order valence-electron chi connectivity index (χ4n) is 1.69. The fourth-order valence-corrected chi connectivity index (χ4v) is 1.69. The van der Waals surface area contributed by atoms with Crippen LogP contribution in [0.25, 0.3) is 0 Å². The largest absolute Gasteiger partial charge is 0.491 e. The highest BCUT2D eigenvalue weighted by atomic mass is 16.5. The van der Waals surface area contributed by atoms with E-state index in [9.17, 15) is 0 Å². The minimum atomic E-state index is 0.231. The molecule has 0 atom stereocenters. The van der Waals surface area contributed by atoms with Gasteiger partial charge in [0.1, 0.15) is 5.75 Å². The molecule has 0 heterocycles. The Morgan fingerprint density at radius 1 is 1.11 bits per heavy atom. The Morgan fingerprint density at radius 3 is 2.44 bits per heavy atom. The normalized spacial score (nSPS) is 10.9. The summed E-state index contributed by atoms with van der Waals surface area (Å²) in [6.45, 7) is 6.87. The third-order valence-corrected chi connectivity index (χ3v) is 2.58. The molecule has 3 nitrogen and oxygen atoms in total. The third-order valence-electron chi connectivity index (χ3n) is 2.58. The first kappa shape index (κ1) is 15.0. The molecule has 1 aromatic rings. The first-order valence-corrected chi connectivity index (χ1v) is 6.67. The topological polar surface area (TPSA) is 30.5 Å². The van der Waals surface area contributed by atoms with Crippen molar-refractivity contribution >= 4 is 0 Å². The number of hydrogen-bond acceptors (Lipinski definition) is 3. The summed E-state index contributed by atoms with van der Waals surface area (Å²) in [4.78, 5) is 0. The van der Waals surface area contributed by atoms with E-state index in [0.717, 1.165) is 38.3 Å². The molecule has 1 N–H and O–H groups in total. The predicted molar refractivity (Wildman–Crippen MR) is 75.0 cm³/mol. The summed E-state index contributed by atoms with van der Waals surface area (Å²) in [5.41, 5.74) is 1.29. The standard InChI is InChI=1S/C15H25NO2/c1-13(2)18-15-8-6-14(7-9-15)12-16-10-4-5-11-17-3/h6-9,13,16H,4-5,10-12H2,1-3H3. The third kappa shape index (κ3) is 6.62. The van der Waals surface area contributed by atoms with Crippen LogP contribution in [0, 0.1) is 0 Å². The van der Waals surface area contributed by atoms with E-state index in [-0.39, 0.29) is 6.10 Å². The van der Waals surface area contributed by atoms with Crippen molar-refractivity contribution in [3.05, 3.63) is 29.8 Å². The van der Waals surface area contributed by atoms with Gasteiger partial charge in [0, 0.05) is 20.3 Å². The molecule has 18 heavy (non-hydrogen) atoms. The van der Waals surface area contributed by atoms with Crippen LogP contribution in [0.2, 0.25) is 0 Å². The molecule has 0 spiro atoms. The van der Waals surface area contributed by atoms with Gasteiger partial charge in [-0.2, -0.15) is 0 Å². The van der Waals surface area contributed by atoms with Crippen molar-refractivity contribution in [2.45, 2.75) is 39.3 Å². The van der Waals surface area contributed by atoms with Crippen molar-refractivity contribution in [1.82, 2.24) is 5.32 Å². The number of unbranched alkanes of at least 4 members (excludes halogenated alkanes) is 1. The van der Waals surface area contributed by atoms with Crippen molar-refractivity contribution in [3.8, 4) is 5.75 Å². The van der Waals surface area contributed by atoms with Crippen LogP contribution in [0.1, 0.15) is 32.3 Å². The minimum absolute atomic E-state index is 0.231. The molecular formula is C15H25NO2. The smallest absolute Gasteiger partial charge is 0.119 e. The van der Waals surface area contributed by atoms with Crippen molar-refractivity contribution < 1.29 is 9.47 Å². The van der Waals surface area contributed by atoms with Gasteiger partial charge in [-0.1, -0.05) is 12.1 Å². The second-order valence-corrected chi connectivity index (χ2v) is 4.69. The molecule has 0 bridgehead atoms. The van der Waals surface area contributed by atoms with E-state index >= 15 is 0 Å². The molecule has 102 valence electrons. The molecular weight excluding hydrogens is 226 g/mol. The molecule has 0 amide bonds. The van der Waals surface area contributed by atoms with E-state index in [2.05, 4.69) is 17.4 Å². The lowest BCUT2D eigenvalue weighted by Crippen LogP contribution is -2.15. The van der Waals surface area contributed by atoms with Crippen molar-refractivity contribution in [3.63, 3.8) is 0 Å². The minimum Gasteiger partial charge on any atom is -0.491 e. The summed E-state index contributed by atoms with van der Waals surface area (Å²) < 4.78 is 10.6. The highest BCUT2D eigenvalue weighted by Crippen LogP contribution is 2.13. The summed E-state index contributed by atoms with van der Waals surface area (Å²) in [5.74, 6) is 0.939. The summed E-state index contributed by atoms with van der Waals surface area (Å²) >= 11 is 0. The molecule has 0 saturated carbocycles. The zero-order valence-electron chi connectivity index (χ0n) is 11.7. The maximum absolute atomic E-state index is 5.60. The average molecular weight is 251 g/mol. The van der Waals surface area contributed by atoms with Gasteiger partial charge in [-0.25, -0.2) is 0 Å². The summed E-state index contributed by atoms with van der Waals surface area (Å²) in [6, 6.07) is 8.28. The van der Waals surface area contributed by atoms with Crippen LogP contribution in [0.4, 0.5) is 0 Å². The fraction of sp³-hybridized carbons (Fsp3) is 0.600. The number of rotatable bonds is 9. The summed E-state index contributed by atoms with van der Waals surface area (Å²) in [7, 11) is 1.74. The Morgan fingerprint density at radius 2 is 1.83 bits per heavy atom. The lowest BCUT2D eigenvalue weighted by atomic mass is 10.2. The quantitative estimate of drug-likeness (QED) is 0.684. The first-order valence-electron chi connectivity index (χ1n) is 6.67. The second-order valence-electron chi connectivity index (χ2n) is 4.69. The Kier molecular flexibility index (Phi) is 7.46. The Hall–Kier alpha value is -1.06. The van der Waals surface area contributed by atoms with E-state index in [1.165, 1.54) is 5.56 Å². The van der Waals surface area contributed by atoms with Crippen LogP contribution in [0.5, 0.6) is 5.75 Å². The Bertz CT molecular complexity index is 309. The van der Waals surface area contributed by atoms with Crippen LogP contribution in [0.3, 0.4) is 0 Å². The molecule has 0 fully saturated rings. The summed E-state index contributed by atoms with van der Waals surface area (Å²) in [5, 5.41) is 3.42. The van der Waals surface area contributed by atoms with Gasteiger partial charge in [0.25, 0.3) is 0 Å². The molecule has 3 heteroatoms. The van der Waals surface area contributed by atoms with E-state index in [1.807, 2.05) is 26.0 Å². The Balaban J connectivity index is 2.18. The molecule has 0 saturated heterocycles. The van der Waals surface area contributed by atoms with Gasteiger partial charge < -0.3 is 14.8 Å². The molecule has 1 aromatic carbocycles. The summed E-state index contributed by atoms with van der Waals surface area (Å²) in [6.07, 6.45) is 2.50. The molecule has 0 aliphatic carbocycles. The molecule has 0 radical (unpaired) electrons. The Labute approximate surface area is 110 Å². The number of methoxy groups -OCH3 is 1. The average Bonchev–Trinajstić information content (AvgIpc) is 2.35. The highest BCUT2D eigenvalue weighted by molar-refractivity contribution is 5.27. The van der Waals surface area contributed by atoms with Gasteiger partial charge in [0.2, 0.25) is 0 Å². The van der Waals surface area contributed by atoms with E-state index < -0.39 is 0 Å². The lowest BCUT2D eigenvalue weighted by Gasteiger charge is -2.10. The number of nitrogens with one attached hydrogen (secondary N) is 1. The zero-order chi connectivity index (χ0) is 13.2. The molecule has 0 aliphatic rings. The van der Waals surface area contributed by atoms with E-state index in [1.54, 1.807) is 7.11 Å². The number of hydrogen-bond donors (Lipinski definition) is 1. The number of benzene rings is 1. The predicted octanol–water partition coefficient (Wildman–Crippen LogP) is 2.99. The zero-order valence-corrected chi connectivity index (χ0v) is 11.7. The van der Waals surface area contributed by atoms with Crippen LogP contribution in [-0.4, -0.2) is 26.4 Å². The van der Waals surface area contributed by atoms with Gasteiger partial charge in [-0.05, 0) is 50.9 Å². The van der Waals surface area contributed by atoms with Crippen LogP contribution in [0.15, 0.2) is 24.3 Å². The van der Waals surface area contributed by atoms with E-state index in [0.29, 0.717) is 0 Å². The van der Waals surface area contributed by atoms with Crippen LogP contribution >= 0.6 is 0 Å².